The molecule has 0 saturated carbocycles. The Morgan fingerprint density at radius 2 is 1.07 bits per heavy atom. The van der Waals surface area contributed by atoms with Gasteiger partial charge < -0.3 is 10.6 Å². The van der Waals surface area contributed by atoms with Gasteiger partial charge in [-0.2, -0.15) is 0 Å². The van der Waals surface area contributed by atoms with Crippen LogP contribution in [-0.2, 0) is 13.1 Å². The first-order valence-electron chi connectivity index (χ1n) is 8.56. The van der Waals surface area contributed by atoms with Gasteiger partial charge in [-0.15, -0.1) is 0 Å². The quantitative estimate of drug-likeness (QED) is 0.675. The van der Waals surface area contributed by atoms with E-state index in [1.165, 1.54) is 0 Å². The minimum Gasteiger partial charge on any atom is -0.348 e. The molecule has 0 unspecified atom stereocenters. The molecule has 3 aromatic carbocycles. The van der Waals surface area contributed by atoms with Gasteiger partial charge in [0.2, 0.25) is 0 Å². The monoisotopic (exact) mass is 378 g/mol. The maximum atomic E-state index is 12.2. The van der Waals surface area contributed by atoms with E-state index in [-0.39, 0.29) is 11.8 Å². The van der Waals surface area contributed by atoms with Crippen molar-refractivity contribution in [2.75, 3.05) is 0 Å². The first kappa shape index (κ1) is 18.7. The Labute approximate surface area is 163 Å². The normalized spacial score (nSPS) is 10.3. The average molecular weight is 379 g/mol. The van der Waals surface area contributed by atoms with Gasteiger partial charge in [0.25, 0.3) is 11.8 Å². The van der Waals surface area contributed by atoms with Crippen molar-refractivity contribution >= 4 is 23.4 Å². The smallest absolute Gasteiger partial charge is 0.251 e. The van der Waals surface area contributed by atoms with Gasteiger partial charge in [0.1, 0.15) is 0 Å². The average Bonchev–Trinajstić information content (AvgIpc) is 2.72. The lowest BCUT2D eigenvalue weighted by molar-refractivity contribution is 0.0939. The second-order valence-corrected chi connectivity index (χ2v) is 6.49. The molecule has 3 aromatic rings. The zero-order valence-electron chi connectivity index (χ0n) is 14.6. The van der Waals surface area contributed by atoms with Crippen LogP contribution in [0.25, 0.3) is 0 Å². The fourth-order valence-corrected chi connectivity index (χ4v) is 2.67. The maximum Gasteiger partial charge on any atom is 0.251 e. The standard InChI is InChI=1S/C22H19ClN2O2/c23-20-12-6-17(7-13-20)15-25-22(27)19-10-8-18(9-11-19)21(26)24-14-16-4-2-1-3-5-16/h1-13H,14-15H2,(H,24,26)(H,25,27). The van der Waals surface area contributed by atoms with Crippen LogP contribution >= 0.6 is 11.6 Å². The lowest BCUT2D eigenvalue weighted by Crippen LogP contribution is -2.24. The van der Waals surface area contributed by atoms with Gasteiger partial charge >= 0.3 is 0 Å². The second kappa shape index (κ2) is 9.01. The first-order chi connectivity index (χ1) is 13.1. The highest BCUT2D eigenvalue weighted by molar-refractivity contribution is 6.30. The lowest BCUT2D eigenvalue weighted by Gasteiger charge is -2.08. The van der Waals surface area contributed by atoms with Crippen molar-refractivity contribution in [2.24, 2.45) is 0 Å². The summed E-state index contributed by atoms with van der Waals surface area (Å²) in [6, 6.07) is 23.6. The molecule has 0 fully saturated rings. The third kappa shape index (κ3) is 5.43. The Hall–Kier alpha value is -3.11. The van der Waals surface area contributed by atoms with Crippen LogP contribution in [0.1, 0.15) is 31.8 Å². The fraction of sp³-hybridized carbons (Fsp3) is 0.0909. The molecular formula is C22H19ClN2O2. The molecule has 0 spiro atoms. The van der Waals surface area contributed by atoms with E-state index in [2.05, 4.69) is 10.6 Å². The van der Waals surface area contributed by atoms with Crippen LogP contribution in [0.15, 0.2) is 78.9 Å². The summed E-state index contributed by atoms with van der Waals surface area (Å²) in [5, 5.41) is 6.37. The summed E-state index contributed by atoms with van der Waals surface area (Å²) in [5.74, 6) is -0.367. The summed E-state index contributed by atoms with van der Waals surface area (Å²) >= 11 is 5.85. The highest BCUT2D eigenvalue weighted by Crippen LogP contribution is 2.10. The first-order valence-corrected chi connectivity index (χ1v) is 8.94. The molecule has 136 valence electrons. The van der Waals surface area contributed by atoms with Crippen LogP contribution < -0.4 is 10.6 Å². The Bertz CT molecular complexity index is 907. The number of nitrogens with one attached hydrogen (secondary N) is 2. The number of hydrogen-bond acceptors (Lipinski definition) is 2. The van der Waals surface area contributed by atoms with Gasteiger partial charge in [0.15, 0.2) is 0 Å². The number of amides is 2. The molecule has 3 rings (SSSR count). The molecule has 0 bridgehead atoms. The number of benzene rings is 3. The predicted molar refractivity (Wildman–Crippen MR) is 107 cm³/mol. The van der Waals surface area contributed by atoms with Gasteiger partial charge in [-0.3, -0.25) is 9.59 Å². The summed E-state index contributed by atoms with van der Waals surface area (Å²) in [6.45, 7) is 0.873. The summed E-state index contributed by atoms with van der Waals surface area (Å²) in [5.41, 5.74) is 3.01. The Kier molecular flexibility index (Phi) is 6.23. The van der Waals surface area contributed by atoms with Crippen LogP contribution in [0.3, 0.4) is 0 Å². The minimum atomic E-state index is -0.193. The molecule has 2 amide bonds. The van der Waals surface area contributed by atoms with E-state index in [4.69, 9.17) is 11.6 Å². The summed E-state index contributed by atoms with van der Waals surface area (Å²) in [6.07, 6.45) is 0. The van der Waals surface area contributed by atoms with Crippen molar-refractivity contribution in [3.63, 3.8) is 0 Å². The van der Waals surface area contributed by atoms with Crippen LogP contribution in [0.2, 0.25) is 5.02 Å². The zero-order valence-corrected chi connectivity index (χ0v) is 15.4. The molecule has 0 radical (unpaired) electrons. The van der Waals surface area contributed by atoms with Crippen LogP contribution in [0, 0.1) is 0 Å². The molecule has 0 aromatic heterocycles. The molecule has 2 N–H and O–H groups in total. The van der Waals surface area contributed by atoms with E-state index in [1.807, 2.05) is 42.5 Å². The van der Waals surface area contributed by atoms with Gasteiger partial charge in [-0.25, -0.2) is 0 Å². The molecule has 27 heavy (non-hydrogen) atoms. The van der Waals surface area contributed by atoms with E-state index >= 15 is 0 Å². The summed E-state index contributed by atoms with van der Waals surface area (Å²) in [7, 11) is 0. The Morgan fingerprint density at radius 1 is 0.630 bits per heavy atom. The molecular weight excluding hydrogens is 360 g/mol. The van der Waals surface area contributed by atoms with Crippen molar-refractivity contribution < 1.29 is 9.59 Å². The molecule has 0 heterocycles. The maximum absolute atomic E-state index is 12.2. The Morgan fingerprint density at radius 3 is 1.56 bits per heavy atom. The molecule has 0 saturated heterocycles. The zero-order chi connectivity index (χ0) is 19.1. The van der Waals surface area contributed by atoms with Gasteiger partial charge in [0.05, 0.1) is 0 Å². The molecule has 0 aliphatic heterocycles. The van der Waals surface area contributed by atoms with E-state index in [0.29, 0.717) is 29.2 Å². The largest absolute Gasteiger partial charge is 0.348 e. The van der Waals surface area contributed by atoms with Crippen molar-refractivity contribution in [1.29, 1.82) is 0 Å². The van der Waals surface area contributed by atoms with Crippen molar-refractivity contribution in [2.45, 2.75) is 13.1 Å². The minimum absolute atomic E-state index is 0.174. The van der Waals surface area contributed by atoms with E-state index < -0.39 is 0 Å². The van der Waals surface area contributed by atoms with Crippen LogP contribution in [-0.4, -0.2) is 11.8 Å². The van der Waals surface area contributed by atoms with Gasteiger partial charge in [-0.1, -0.05) is 54.1 Å². The number of rotatable bonds is 6. The van der Waals surface area contributed by atoms with Gasteiger partial charge in [0, 0.05) is 29.2 Å². The van der Waals surface area contributed by atoms with Crippen LogP contribution in [0.4, 0.5) is 0 Å². The Balaban J connectivity index is 1.53. The number of halogens is 1. The van der Waals surface area contributed by atoms with E-state index in [9.17, 15) is 9.59 Å². The predicted octanol–water partition coefficient (Wildman–Crippen LogP) is 4.20. The number of carbonyl (C=O) groups excluding carboxylic acids is 2. The molecule has 0 aliphatic carbocycles. The molecule has 5 heteroatoms. The van der Waals surface area contributed by atoms with Gasteiger partial charge in [-0.05, 0) is 47.5 Å². The number of carbonyl (C=O) groups is 2. The second-order valence-electron chi connectivity index (χ2n) is 6.05. The fourth-order valence-electron chi connectivity index (χ4n) is 2.54. The SMILES string of the molecule is O=C(NCc1ccccc1)c1ccc(C(=O)NCc2ccc(Cl)cc2)cc1. The van der Waals surface area contributed by atoms with Crippen molar-refractivity contribution in [3.8, 4) is 0 Å². The molecule has 0 atom stereocenters. The van der Waals surface area contributed by atoms with Crippen molar-refractivity contribution in [1.82, 2.24) is 10.6 Å². The molecule has 0 aliphatic rings. The summed E-state index contributed by atoms with van der Waals surface area (Å²) in [4.78, 5) is 24.5. The van der Waals surface area contributed by atoms with Crippen molar-refractivity contribution in [3.05, 3.63) is 106 Å². The summed E-state index contributed by atoms with van der Waals surface area (Å²) < 4.78 is 0. The third-order valence-corrected chi connectivity index (χ3v) is 4.32. The van der Waals surface area contributed by atoms with Crippen LogP contribution in [0.5, 0.6) is 0 Å². The number of hydrogen-bond donors (Lipinski definition) is 2. The molecule has 4 nitrogen and oxygen atoms in total. The third-order valence-electron chi connectivity index (χ3n) is 4.07. The topological polar surface area (TPSA) is 58.2 Å². The highest BCUT2D eigenvalue weighted by atomic mass is 35.5. The van der Waals surface area contributed by atoms with E-state index in [0.717, 1.165) is 11.1 Å². The van der Waals surface area contributed by atoms with E-state index in [1.54, 1.807) is 36.4 Å². The lowest BCUT2D eigenvalue weighted by atomic mass is 10.1. The highest BCUT2D eigenvalue weighted by Gasteiger charge is 2.09.